The van der Waals surface area contributed by atoms with E-state index in [-0.39, 0.29) is 10.6 Å². The molecule has 0 heterocycles. The number of nitro benzene ring substituents is 1. The van der Waals surface area contributed by atoms with E-state index in [4.69, 9.17) is 5.73 Å². The molecule has 9 nitrogen and oxygen atoms in total. The van der Waals surface area contributed by atoms with Gasteiger partial charge in [-0.15, -0.1) is 0 Å². The molecule has 9 heteroatoms. The summed E-state index contributed by atoms with van der Waals surface area (Å²) < 4.78 is 0. The summed E-state index contributed by atoms with van der Waals surface area (Å²) in [6.07, 6.45) is 2.80. The number of hydrogen-bond acceptors (Lipinski definition) is 8. The first-order chi connectivity index (χ1) is 27.7. The molecule has 0 aliphatic heterocycles. The van der Waals surface area contributed by atoms with Gasteiger partial charge in [-0.1, -0.05) is 132 Å². The number of hydrogen-bond donors (Lipinski definition) is 4. The third kappa shape index (κ3) is 33.3. The van der Waals surface area contributed by atoms with E-state index in [0.717, 1.165) is 35.9 Å². The maximum absolute atomic E-state index is 10.9. The zero-order valence-corrected chi connectivity index (χ0v) is 43.3. The number of nitrogens with zero attached hydrogens (tertiary/aromatic N) is 3. The summed E-state index contributed by atoms with van der Waals surface area (Å²) in [7, 11) is 8.22. The van der Waals surface area contributed by atoms with E-state index in [1.54, 1.807) is 12.1 Å². The van der Waals surface area contributed by atoms with Gasteiger partial charge in [-0.3, -0.25) is 15.0 Å². The van der Waals surface area contributed by atoms with Gasteiger partial charge < -0.3 is 26.6 Å². The Labute approximate surface area is 373 Å². The molecule has 6 atom stereocenters. The lowest BCUT2D eigenvalue weighted by Gasteiger charge is -2.27. The number of nitro groups is 1. The standard InChI is InChI=1S/C13H20N2O2.C12H19N.C8H17N.C7H17N.C6H15N.C5H13N/c1-10(2)11(3)14(4)9-12-7-5-6-8-13(12)15(16)17;1-10(2)11(3)13-9-12-7-5-4-6-8-12;1-6(2)7(3)9-8-4-5-8;1-6(2)7(3)8(4)5;1-5(2)6(3)7-4;1-4(2)5(3)6/h5-8,10-11H,9H2,1-4H3;4-8,10-11,13H,9H2,1-3H3;6-9H,4-5H2,1-3H3;6-7H,1-5H3;5-7H,1-4H3;4-5H,6H2,1-3H3. The smallest absolute Gasteiger partial charge is 0.273 e. The number of nitrogens with one attached hydrogen (secondary N) is 3. The number of para-hydroxylation sites is 1. The van der Waals surface area contributed by atoms with Gasteiger partial charge in [0.05, 0.1) is 4.92 Å². The molecule has 0 aromatic heterocycles. The van der Waals surface area contributed by atoms with E-state index < -0.39 is 0 Å². The summed E-state index contributed by atoms with van der Waals surface area (Å²) >= 11 is 0. The lowest BCUT2D eigenvalue weighted by atomic mass is 10.0. The highest BCUT2D eigenvalue weighted by Gasteiger charge is 2.23. The van der Waals surface area contributed by atoms with Gasteiger partial charge in [0.25, 0.3) is 5.69 Å². The summed E-state index contributed by atoms with van der Waals surface area (Å²) in [6.45, 7) is 41.1. The first-order valence-electron chi connectivity index (χ1n) is 23.3. The van der Waals surface area contributed by atoms with Crippen LogP contribution >= 0.6 is 0 Å². The average Bonchev–Trinajstić information content (AvgIpc) is 4.01. The molecule has 2 aromatic carbocycles. The number of rotatable bonds is 17. The van der Waals surface area contributed by atoms with Crippen molar-refractivity contribution in [2.24, 2.45) is 41.2 Å². The number of benzene rings is 2. The van der Waals surface area contributed by atoms with Crippen LogP contribution in [0.3, 0.4) is 0 Å². The molecule has 1 saturated carbocycles. The fraction of sp³-hybridized carbons (Fsp3) is 0.765. The van der Waals surface area contributed by atoms with Gasteiger partial charge in [0.1, 0.15) is 0 Å². The van der Waals surface area contributed by atoms with E-state index in [0.29, 0.717) is 60.5 Å². The molecule has 0 spiro atoms. The third-order valence-corrected chi connectivity index (χ3v) is 12.1. The van der Waals surface area contributed by atoms with Crippen molar-refractivity contribution in [3.63, 3.8) is 0 Å². The topological polar surface area (TPSA) is 112 Å². The zero-order valence-electron chi connectivity index (χ0n) is 43.3. The van der Waals surface area contributed by atoms with E-state index in [1.807, 2.05) is 33.2 Å². The van der Waals surface area contributed by atoms with Crippen LogP contribution in [0.1, 0.15) is 149 Å². The summed E-state index contributed by atoms with van der Waals surface area (Å²) in [5.41, 5.74) is 7.77. The first-order valence-corrected chi connectivity index (χ1v) is 23.3. The highest BCUT2D eigenvalue weighted by atomic mass is 16.6. The fourth-order valence-electron chi connectivity index (χ4n) is 4.60. The van der Waals surface area contributed by atoms with Gasteiger partial charge in [0.15, 0.2) is 0 Å². The van der Waals surface area contributed by atoms with Gasteiger partial charge in [-0.05, 0) is 124 Å². The molecule has 0 amide bonds. The van der Waals surface area contributed by atoms with Crippen molar-refractivity contribution in [2.45, 2.75) is 193 Å². The Morgan fingerprint density at radius 3 is 1.38 bits per heavy atom. The Morgan fingerprint density at radius 2 is 1.07 bits per heavy atom. The maximum atomic E-state index is 10.9. The minimum absolute atomic E-state index is 0.204. The predicted molar refractivity (Wildman–Crippen MR) is 267 cm³/mol. The quantitative estimate of drug-likeness (QED) is 0.0920. The van der Waals surface area contributed by atoms with Crippen molar-refractivity contribution in [1.82, 2.24) is 25.8 Å². The van der Waals surface area contributed by atoms with Crippen LogP contribution in [0, 0.1) is 45.6 Å². The monoisotopic (exact) mass is 844 g/mol. The molecule has 0 radical (unpaired) electrons. The lowest BCUT2D eigenvalue weighted by molar-refractivity contribution is -0.385. The van der Waals surface area contributed by atoms with Crippen molar-refractivity contribution in [2.75, 3.05) is 28.2 Å². The van der Waals surface area contributed by atoms with Gasteiger partial charge in [0, 0.05) is 67.0 Å². The SMILES string of the molecule is CC(C)C(C)N.CC(C)C(C)N(C)C.CC(C)C(C)N(C)Cc1ccccc1[N+](=O)[O-].CC(C)C(C)NC1CC1.CC(C)C(C)NCc1ccccc1.CNC(C)C(C)C. The minimum atomic E-state index is -0.316. The molecule has 2 aromatic rings. The van der Waals surface area contributed by atoms with Crippen LogP contribution in [0.15, 0.2) is 54.6 Å². The lowest BCUT2D eigenvalue weighted by Crippen LogP contribution is -2.32. The molecule has 1 fully saturated rings. The van der Waals surface area contributed by atoms with Gasteiger partial charge in [-0.25, -0.2) is 0 Å². The molecule has 6 unspecified atom stereocenters. The normalized spacial score (nSPS) is 15.3. The van der Waals surface area contributed by atoms with Crippen LogP contribution in [-0.4, -0.2) is 85.2 Å². The minimum Gasteiger partial charge on any atom is -0.328 e. The molecular formula is C51H101N7O2. The average molecular weight is 844 g/mol. The summed E-state index contributed by atoms with van der Waals surface area (Å²) in [5.74, 6) is 4.16. The van der Waals surface area contributed by atoms with Crippen LogP contribution in [0.4, 0.5) is 5.69 Å². The second kappa shape index (κ2) is 35.1. The molecule has 0 bridgehead atoms. The van der Waals surface area contributed by atoms with Gasteiger partial charge in [0.2, 0.25) is 0 Å². The molecule has 60 heavy (non-hydrogen) atoms. The van der Waals surface area contributed by atoms with Crippen LogP contribution in [-0.2, 0) is 13.1 Å². The Morgan fingerprint density at radius 1 is 0.633 bits per heavy atom. The maximum Gasteiger partial charge on any atom is 0.273 e. The molecular weight excluding hydrogens is 743 g/mol. The largest absolute Gasteiger partial charge is 0.328 e. The summed E-state index contributed by atoms with van der Waals surface area (Å²) in [5, 5.41) is 21.1. The molecule has 1 aliphatic rings. The van der Waals surface area contributed by atoms with Crippen LogP contribution in [0.25, 0.3) is 0 Å². The van der Waals surface area contributed by atoms with E-state index in [1.165, 1.54) is 18.4 Å². The predicted octanol–water partition coefficient (Wildman–Crippen LogP) is 11.5. The zero-order chi connectivity index (χ0) is 47.3. The Balaban J connectivity index is -0.000000678. The van der Waals surface area contributed by atoms with Crippen LogP contribution in [0.5, 0.6) is 0 Å². The summed E-state index contributed by atoms with van der Waals surface area (Å²) in [4.78, 5) is 15.0. The molecule has 3 rings (SSSR count). The van der Waals surface area contributed by atoms with Crippen molar-refractivity contribution in [3.8, 4) is 0 Å². The van der Waals surface area contributed by atoms with E-state index >= 15 is 0 Å². The van der Waals surface area contributed by atoms with Crippen molar-refractivity contribution in [1.29, 1.82) is 0 Å². The first kappa shape index (κ1) is 61.9. The highest BCUT2D eigenvalue weighted by Crippen LogP contribution is 2.22. The third-order valence-electron chi connectivity index (χ3n) is 12.1. The highest BCUT2D eigenvalue weighted by molar-refractivity contribution is 5.39. The van der Waals surface area contributed by atoms with Crippen molar-refractivity contribution < 1.29 is 4.92 Å². The Hall–Kier alpha value is -2.40. The van der Waals surface area contributed by atoms with Crippen LogP contribution < -0.4 is 21.7 Å². The van der Waals surface area contributed by atoms with Gasteiger partial charge >= 0.3 is 0 Å². The number of nitrogens with two attached hydrogens (primary N) is 1. The summed E-state index contributed by atoms with van der Waals surface area (Å²) in [6, 6.07) is 21.7. The molecule has 5 N–H and O–H groups in total. The Bertz CT molecular complexity index is 1270. The molecule has 352 valence electrons. The second-order valence-electron chi connectivity index (χ2n) is 19.5. The molecule has 0 saturated heterocycles. The van der Waals surface area contributed by atoms with E-state index in [2.05, 4.69) is 188 Å². The van der Waals surface area contributed by atoms with E-state index in [9.17, 15) is 10.1 Å². The van der Waals surface area contributed by atoms with Crippen molar-refractivity contribution in [3.05, 3.63) is 75.8 Å². The second-order valence-corrected chi connectivity index (χ2v) is 19.5. The van der Waals surface area contributed by atoms with Gasteiger partial charge in [-0.2, -0.15) is 0 Å². The fourth-order valence-corrected chi connectivity index (χ4v) is 4.60. The van der Waals surface area contributed by atoms with Crippen molar-refractivity contribution >= 4 is 5.69 Å². The van der Waals surface area contributed by atoms with Crippen LogP contribution in [0.2, 0.25) is 0 Å². The molecule has 1 aliphatic carbocycles. The Kier molecular flexibility index (Phi) is 36.2.